The Bertz CT molecular complexity index is 572. The summed E-state index contributed by atoms with van der Waals surface area (Å²) >= 11 is 5.25. The van der Waals surface area contributed by atoms with Crippen LogP contribution in [0.5, 0.6) is 5.75 Å². The molecule has 106 valence electrons. The third kappa shape index (κ3) is 3.71. The molecule has 1 aromatic carbocycles. The number of hydrogen-bond acceptors (Lipinski definition) is 3. The normalized spacial score (nSPS) is 10.2. The average Bonchev–Trinajstić information content (AvgIpc) is 2.76. The van der Waals surface area contributed by atoms with E-state index < -0.39 is 0 Å². The Morgan fingerprint density at radius 3 is 2.60 bits per heavy atom. The summed E-state index contributed by atoms with van der Waals surface area (Å²) in [6.45, 7) is 2.62. The van der Waals surface area contributed by atoms with Crippen LogP contribution in [0.3, 0.4) is 0 Å². The van der Waals surface area contributed by atoms with Crippen LogP contribution in [0.25, 0.3) is 0 Å². The molecule has 0 amide bonds. The minimum absolute atomic E-state index is 0.568. The Morgan fingerprint density at radius 2 is 2.05 bits per heavy atom. The summed E-state index contributed by atoms with van der Waals surface area (Å²) < 4.78 is 6.95. The van der Waals surface area contributed by atoms with Gasteiger partial charge >= 0.3 is 0 Å². The fraction of sp³-hybridized carbons (Fsp3) is 0.286. The average molecular weight is 290 g/mol. The number of ether oxygens (including phenoxy) is 1. The van der Waals surface area contributed by atoms with Crippen molar-refractivity contribution in [3.63, 3.8) is 0 Å². The molecule has 0 fully saturated rings. The Kier molecular flexibility index (Phi) is 4.57. The highest BCUT2D eigenvalue weighted by molar-refractivity contribution is 7.80. The van der Waals surface area contributed by atoms with Gasteiger partial charge in [0.15, 0.2) is 5.11 Å². The van der Waals surface area contributed by atoms with Gasteiger partial charge in [0, 0.05) is 18.4 Å². The fourth-order valence-electron chi connectivity index (χ4n) is 1.74. The van der Waals surface area contributed by atoms with Crippen LogP contribution in [0.4, 0.5) is 5.69 Å². The SMILES string of the molecule is COc1ccc(NC(=S)NCc2cc(C)n(C)n2)cc1. The summed E-state index contributed by atoms with van der Waals surface area (Å²) in [5.41, 5.74) is 3.00. The topological polar surface area (TPSA) is 51.1 Å². The number of aromatic nitrogens is 2. The first-order chi connectivity index (χ1) is 9.58. The van der Waals surface area contributed by atoms with Crippen molar-refractivity contribution in [2.24, 2.45) is 7.05 Å². The molecule has 0 radical (unpaired) electrons. The summed E-state index contributed by atoms with van der Waals surface area (Å²) in [6.07, 6.45) is 0. The Balaban J connectivity index is 1.85. The van der Waals surface area contributed by atoms with Gasteiger partial charge in [-0.25, -0.2) is 0 Å². The molecular formula is C14H18N4OS. The van der Waals surface area contributed by atoms with E-state index in [1.54, 1.807) is 7.11 Å². The largest absolute Gasteiger partial charge is 0.497 e. The van der Waals surface area contributed by atoms with Crippen LogP contribution in [0.2, 0.25) is 0 Å². The fourth-order valence-corrected chi connectivity index (χ4v) is 1.93. The van der Waals surface area contributed by atoms with E-state index in [9.17, 15) is 0 Å². The third-order valence-corrected chi connectivity index (χ3v) is 3.19. The lowest BCUT2D eigenvalue weighted by Crippen LogP contribution is -2.28. The number of rotatable bonds is 4. The molecule has 0 spiro atoms. The maximum atomic E-state index is 5.25. The van der Waals surface area contributed by atoms with Crippen LogP contribution in [-0.4, -0.2) is 22.0 Å². The molecular weight excluding hydrogens is 272 g/mol. The van der Waals surface area contributed by atoms with E-state index in [0.717, 1.165) is 22.8 Å². The van der Waals surface area contributed by atoms with Crippen molar-refractivity contribution in [3.05, 3.63) is 41.7 Å². The van der Waals surface area contributed by atoms with Crippen LogP contribution < -0.4 is 15.4 Å². The smallest absolute Gasteiger partial charge is 0.171 e. The quantitative estimate of drug-likeness (QED) is 0.846. The van der Waals surface area contributed by atoms with Gasteiger partial charge in [0.05, 0.1) is 19.3 Å². The Morgan fingerprint density at radius 1 is 1.35 bits per heavy atom. The molecule has 0 saturated carbocycles. The zero-order chi connectivity index (χ0) is 14.5. The van der Waals surface area contributed by atoms with Crippen molar-refractivity contribution in [2.75, 3.05) is 12.4 Å². The highest BCUT2D eigenvalue weighted by Crippen LogP contribution is 2.14. The van der Waals surface area contributed by atoms with E-state index in [4.69, 9.17) is 17.0 Å². The van der Waals surface area contributed by atoms with E-state index in [1.807, 2.05) is 49.0 Å². The van der Waals surface area contributed by atoms with Gasteiger partial charge in [-0.15, -0.1) is 0 Å². The molecule has 2 rings (SSSR count). The molecule has 0 unspecified atom stereocenters. The maximum Gasteiger partial charge on any atom is 0.171 e. The number of hydrogen-bond donors (Lipinski definition) is 2. The zero-order valence-electron chi connectivity index (χ0n) is 11.8. The molecule has 20 heavy (non-hydrogen) atoms. The summed E-state index contributed by atoms with van der Waals surface area (Å²) in [7, 11) is 3.57. The van der Waals surface area contributed by atoms with Crippen molar-refractivity contribution in [1.82, 2.24) is 15.1 Å². The van der Waals surface area contributed by atoms with Gasteiger partial charge in [0.2, 0.25) is 0 Å². The number of aryl methyl sites for hydroxylation is 2. The minimum atomic E-state index is 0.568. The summed E-state index contributed by atoms with van der Waals surface area (Å²) in [5.74, 6) is 0.818. The van der Waals surface area contributed by atoms with Crippen molar-refractivity contribution in [2.45, 2.75) is 13.5 Å². The molecule has 1 heterocycles. The van der Waals surface area contributed by atoms with Crippen molar-refractivity contribution >= 4 is 23.0 Å². The molecule has 5 nitrogen and oxygen atoms in total. The van der Waals surface area contributed by atoms with E-state index in [-0.39, 0.29) is 0 Å². The second-order valence-corrected chi connectivity index (χ2v) is 4.85. The summed E-state index contributed by atoms with van der Waals surface area (Å²) in [6, 6.07) is 9.62. The number of thiocarbonyl (C=S) groups is 1. The summed E-state index contributed by atoms with van der Waals surface area (Å²) in [4.78, 5) is 0. The highest BCUT2D eigenvalue weighted by atomic mass is 32.1. The standard InChI is InChI=1S/C14H18N4OS/c1-10-8-12(17-18(10)2)9-15-14(20)16-11-4-6-13(19-3)7-5-11/h4-8H,9H2,1-3H3,(H2,15,16,20). The molecule has 1 aromatic heterocycles. The van der Waals surface area contributed by atoms with Gasteiger partial charge < -0.3 is 15.4 Å². The lowest BCUT2D eigenvalue weighted by Gasteiger charge is -2.09. The number of methoxy groups -OCH3 is 1. The van der Waals surface area contributed by atoms with E-state index >= 15 is 0 Å². The van der Waals surface area contributed by atoms with Crippen molar-refractivity contribution in [3.8, 4) is 5.75 Å². The lowest BCUT2D eigenvalue weighted by atomic mass is 10.3. The van der Waals surface area contributed by atoms with E-state index in [2.05, 4.69) is 15.7 Å². The molecule has 0 aliphatic heterocycles. The first-order valence-corrected chi connectivity index (χ1v) is 6.67. The number of benzene rings is 1. The minimum Gasteiger partial charge on any atom is -0.497 e. The van der Waals surface area contributed by atoms with Crippen molar-refractivity contribution in [1.29, 1.82) is 0 Å². The number of anilines is 1. The van der Waals surface area contributed by atoms with Crippen LogP contribution in [-0.2, 0) is 13.6 Å². The van der Waals surface area contributed by atoms with Gasteiger partial charge in [0.25, 0.3) is 0 Å². The second-order valence-electron chi connectivity index (χ2n) is 4.44. The summed E-state index contributed by atoms with van der Waals surface area (Å²) in [5, 5.41) is 11.2. The number of nitrogens with zero attached hydrogens (tertiary/aromatic N) is 2. The van der Waals surface area contributed by atoms with E-state index in [1.165, 1.54) is 0 Å². The second kappa shape index (κ2) is 6.38. The predicted octanol–water partition coefficient (Wildman–Crippen LogP) is 2.22. The van der Waals surface area contributed by atoms with Gasteiger partial charge in [-0.1, -0.05) is 0 Å². The first kappa shape index (κ1) is 14.3. The van der Waals surface area contributed by atoms with Crippen LogP contribution >= 0.6 is 12.2 Å². The van der Waals surface area contributed by atoms with Gasteiger partial charge in [-0.3, -0.25) is 4.68 Å². The van der Waals surface area contributed by atoms with Gasteiger partial charge in [0.1, 0.15) is 5.75 Å². The molecule has 0 aliphatic rings. The molecule has 0 aliphatic carbocycles. The molecule has 0 saturated heterocycles. The highest BCUT2D eigenvalue weighted by Gasteiger charge is 2.02. The zero-order valence-corrected chi connectivity index (χ0v) is 12.6. The van der Waals surface area contributed by atoms with Crippen LogP contribution in [0.15, 0.2) is 30.3 Å². The monoisotopic (exact) mass is 290 g/mol. The maximum absolute atomic E-state index is 5.25. The lowest BCUT2D eigenvalue weighted by molar-refractivity contribution is 0.415. The predicted molar refractivity (Wildman–Crippen MR) is 84.0 cm³/mol. The van der Waals surface area contributed by atoms with Crippen molar-refractivity contribution < 1.29 is 4.74 Å². The molecule has 2 aromatic rings. The molecule has 2 N–H and O–H groups in total. The molecule has 6 heteroatoms. The van der Waals surface area contributed by atoms with E-state index in [0.29, 0.717) is 11.7 Å². The van der Waals surface area contributed by atoms with Gasteiger partial charge in [-0.2, -0.15) is 5.10 Å². The third-order valence-electron chi connectivity index (χ3n) is 2.94. The van der Waals surface area contributed by atoms with Crippen LogP contribution in [0.1, 0.15) is 11.4 Å². The number of nitrogens with one attached hydrogen (secondary N) is 2. The first-order valence-electron chi connectivity index (χ1n) is 6.27. The Labute approximate surface area is 123 Å². The Hall–Kier alpha value is -2.08. The molecule has 0 bridgehead atoms. The van der Waals surface area contributed by atoms with Crippen LogP contribution in [0, 0.1) is 6.92 Å². The van der Waals surface area contributed by atoms with Gasteiger partial charge in [-0.05, 0) is 49.5 Å². The molecule has 0 atom stereocenters.